The van der Waals surface area contributed by atoms with E-state index in [1.165, 1.54) is 121 Å². The van der Waals surface area contributed by atoms with Gasteiger partial charge in [-0.05, 0) is 119 Å². The molecule has 22 nitrogen and oxygen atoms in total. The smallest absolute Gasteiger partial charge is 0.326 e. The van der Waals surface area contributed by atoms with Gasteiger partial charge in [0.25, 0.3) is 0 Å². The van der Waals surface area contributed by atoms with Crippen LogP contribution in [-0.4, -0.2) is 124 Å². The predicted molar refractivity (Wildman–Crippen MR) is 301 cm³/mol. The molecule has 6 amide bonds. The summed E-state index contributed by atoms with van der Waals surface area (Å²) in [5, 5.41) is 95.0. The average Bonchev–Trinajstić information content (AvgIpc) is 3.52. The molecular weight excluding hydrogens is 1070 g/mol. The number of carboxylic acids is 2. The maximum absolute atomic E-state index is 14.2. The lowest BCUT2D eigenvalue weighted by Crippen LogP contribution is -2.57. The van der Waals surface area contributed by atoms with Crippen LogP contribution in [0, 0.1) is 0 Å². The van der Waals surface area contributed by atoms with Crippen LogP contribution in [0.3, 0.4) is 0 Å². The van der Waals surface area contributed by atoms with Crippen molar-refractivity contribution in [1.82, 2.24) is 31.9 Å². The van der Waals surface area contributed by atoms with Crippen molar-refractivity contribution in [2.45, 2.75) is 107 Å². The van der Waals surface area contributed by atoms with E-state index in [-0.39, 0.29) is 98.7 Å². The third-order valence-corrected chi connectivity index (χ3v) is 13.4. The minimum Gasteiger partial charge on any atom is -0.508 e. The van der Waals surface area contributed by atoms with Crippen molar-refractivity contribution >= 4 is 47.4 Å². The molecule has 6 atom stereocenters. The van der Waals surface area contributed by atoms with Crippen LogP contribution in [0.4, 0.5) is 0 Å². The molecule has 0 heterocycles. The highest BCUT2D eigenvalue weighted by Gasteiger charge is 2.32. The number of unbranched alkanes of at least 4 members (excludes halogenated alkanes) is 2. The summed E-state index contributed by atoms with van der Waals surface area (Å²) in [4.78, 5) is 108. The van der Waals surface area contributed by atoms with E-state index in [2.05, 4.69) is 31.9 Å². The zero-order valence-corrected chi connectivity index (χ0v) is 44.9. The second-order valence-corrected chi connectivity index (χ2v) is 19.9. The van der Waals surface area contributed by atoms with Crippen molar-refractivity contribution in [2.24, 2.45) is 0 Å². The molecule has 0 spiro atoms. The molecule has 436 valence electrons. The van der Waals surface area contributed by atoms with Crippen LogP contribution >= 0.6 is 0 Å². The minimum absolute atomic E-state index is 0.0444. The SMILES string of the molecule is O=C(CCCCCC(=O)N[C@@H](Cc1ccc(O)cc1)C(=O)N[C@@H](Cc1ccc(O)cc1)C(=O)N[C@@H](Cc1ccc(O)cc1)C(=O)O)N[C@@H](Cc1ccc(O)cc1)C(=O)N[C@@H](Cc1ccc(O)cc1)C(=O)N[C@@H](Cc1ccc(O)cc1)C(=O)O. The number of carbonyl (C=O) groups is 8. The molecule has 22 heteroatoms. The van der Waals surface area contributed by atoms with Gasteiger partial charge in [0.05, 0.1) is 0 Å². The highest BCUT2D eigenvalue weighted by atomic mass is 16.4. The molecule has 14 N–H and O–H groups in total. The number of carboxylic acid groups (broad SMARTS) is 2. The minimum atomic E-state index is -1.45. The van der Waals surface area contributed by atoms with E-state index >= 15 is 0 Å². The van der Waals surface area contributed by atoms with Gasteiger partial charge in [-0.25, -0.2) is 9.59 Å². The normalized spacial score (nSPS) is 13.1. The molecule has 0 saturated heterocycles. The van der Waals surface area contributed by atoms with Crippen molar-refractivity contribution in [2.75, 3.05) is 0 Å². The summed E-state index contributed by atoms with van der Waals surface area (Å²) in [6.07, 6.45) is -0.317. The molecule has 0 unspecified atom stereocenters. The first-order chi connectivity index (χ1) is 39.7. The fourth-order valence-electron chi connectivity index (χ4n) is 8.81. The third kappa shape index (κ3) is 20.8. The van der Waals surface area contributed by atoms with Crippen LogP contribution in [0.5, 0.6) is 34.5 Å². The number of phenolic OH excluding ortho intramolecular Hbond substituents is 6. The fraction of sp³-hybridized carbons (Fsp3) is 0.279. The lowest BCUT2D eigenvalue weighted by atomic mass is 10.0. The highest BCUT2D eigenvalue weighted by molar-refractivity contribution is 5.95. The van der Waals surface area contributed by atoms with Gasteiger partial charge in [0.15, 0.2) is 0 Å². The quantitative estimate of drug-likeness (QED) is 0.0286. The van der Waals surface area contributed by atoms with Gasteiger partial charge in [-0.2, -0.15) is 0 Å². The zero-order chi connectivity index (χ0) is 60.0. The van der Waals surface area contributed by atoms with Crippen LogP contribution in [0.2, 0.25) is 0 Å². The van der Waals surface area contributed by atoms with E-state index in [1.807, 2.05) is 0 Å². The van der Waals surface area contributed by atoms with Crippen molar-refractivity contribution in [3.05, 3.63) is 179 Å². The maximum Gasteiger partial charge on any atom is 0.326 e. The number of amides is 6. The van der Waals surface area contributed by atoms with E-state index < -0.39 is 83.6 Å². The largest absolute Gasteiger partial charge is 0.508 e. The maximum atomic E-state index is 14.2. The standard InChI is InChI=1S/C61H66N6O16/c68-42-18-6-36(7-19-42)30-48(56(76)64-50(32-38-10-22-44(70)23-11-38)58(78)66-52(60(80)81)34-40-14-26-46(72)27-15-40)62-54(74)4-2-1-3-5-55(75)63-49(31-37-8-20-43(69)21-9-37)57(77)65-51(33-39-12-24-45(71)25-13-39)59(79)67-53(61(82)83)35-41-16-28-47(73)29-17-41/h6-29,48-53,68-73H,1-5,30-35H2,(H,62,74)(H,63,75)(H,64,76)(H,65,77)(H,66,78)(H,67,79)(H,80,81)(H,82,83)/t48-,49-,50-,51-,52-,53-/m0/s1. The molecule has 0 aromatic heterocycles. The van der Waals surface area contributed by atoms with Gasteiger partial charge in [0.1, 0.15) is 70.7 Å². The Labute approximate surface area is 477 Å². The second-order valence-electron chi connectivity index (χ2n) is 19.9. The van der Waals surface area contributed by atoms with Crippen LogP contribution in [0.15, 0.2) is 146 Å². The van der Waals surface area contributed by atoms with Crippen LogP contribution < -0.4 is 31.9 Å². The second kappa shape index (κ2) is 30.5. The van der Waals surface area contributed by atoms with Crippen molar-refractivity contribution in [1.29, 1.82) is 0 Å². The van der Waals surface area contributed by atoms with Crippen LogP contribution in [0.1, 0.15) is 65.5 Å². The Bertz CT molecular complexity index is 2950. The van der Waals surface area contributed by atoms with Gasteiger partial charge >= 0.3 is 11.9 Å². The molecule has 6 aromatic rings. The molecule has 0 fully saturated rings. The van der Waals surface area contributed by atoms with Crippen molar-refractivity contribution < 1.29 is 79.2 Å². The summed E-state index contributed by atoms with van der Waals surface area (Å²) in [5.74, 6) is -7.54. The molecule has 0 saturated carbocycles. The number of rotatable bonds is 30. The Morgan fingerprint density at radius 3 is 0.651 bits per heavy atom. The number of benzene rings is 6. The number of hydrogen-bond donors (Lipinski definition) is 14. The van der Waals surface area contributed by atoms with E-state index in [1.54, 1.807) is 24.3 Å². The molecular formula is C61H66N6O16. The lowest BCUT2D eigenvalue weighted by Gasteiger charge is -2.25. The number of phenols is 6. The fourth-order valence-corrected chi connectivity index (χ4v) is 8.81. The van der Waals surface area contributed by atoms with Crippen molar-refractivity contribution in [3.63, 3.8) is 0 Å². The van der Waals surface area contributed by atoms with Gasteiger partial charge in [-0.15, -0.1) is 0 Å². The number of carbonyl (C=O) groups excluding carboxylic acids is 6. The molecule has 0 bridgehead atoms. The first-order valence-electron chi connectivity index (χ1n) is 26.6. The Morgan fingerprint density at radius 2 is 0.446 bits per heavy atom. The number of hydrogen-bond acceptors (Lipinski definition) is 14. The van der Waals surface area contributed by atoms with Gasteiger partial charge in [0, 0.05) is 51.4 Å². The number of aliphatic carboxylic acids is 2. The monoisotopic (exact) mass is 1140 g/mol. The summed E-state index contributed by atoms with van der Waals surface area (Å²) < 4.78 is 0. The zero-order valence-electron chi connectivity index (χ0n) is 44.9. The number of aromatic hydroxyl groups is 6. The van der Waals surface area contributed by atoms with E-state index in [4.69, 9.17) is 0 Å². The molecule has 0 aliphatic heterocycles. The highest BCUT2D eigenvalue weighted by Crippen LogP contribution is 2.19. The van der Waals surface area contributed by atoms with Crippen LogP contribution in [0.25, 0.3) is 0 Å². The first kappa shape index (κ1) is 62.1. The first-order valence-corrected chi connectivity index (χ1v) is 26.6. The summed E-state index contributed by atoms with van der Waals surface area (Å²) in [6.45, 7) is 0. The topological polar surface area (TPSA) is 371 Å². The lowest BCUT2D eigenvalue weighted by molar-refractivity contribution is -0.142. The predicted octanol–water partition coefficient (Wildman–Crippen LogP) is 3.70. The molecule has 0 aliphatic rings. The molecule has 83 heavy (non-hydrogen) atoms. The van der Waals surface area contributed by atoms with Crippen molar-refractivity contribution in [3.8, 4) is 34.5 Å². The van der Waals surface area contributed by atoms with E-state index in [0.29, 0.717) is 39.8 Å². The average molecular weight is 1140 g/mol. The van der Waals surface area contributed by atoms with Gasteiger partial charge in [-0.1, -0.05) is 79.2 Å². The van der Waals surface area contributed by atoms with Gasteiger partial charge < -0.3 is 72.8 Å². The van der Waals surface area contributed by atoms with Gasteiger partial charge in [-0.3, -0.25) is 28.8 Å². The number of nitrogens with one attached hydrogen (secondary N) is 6. The molecule has 6 aromatic carbocycles. The van der Waals surface area contributed by atoms with E-state index in [9.17, 15) is 79.2 Å². The molecule has 6 rings (SSSR count). The van der Waals surface area contributed by atoms with Crippen LogP contribution in [-0.2, 0) is 76.9 Å². The molecule has 0 radical (unpaired) electrons. The Balaban J connectivity index is 1.10. The Hall–Kier alpha value is -10.1. The third-order valence-electron chi connectivity index (χ3n) is 13.4. The summed E-state index contributed by atoms with van der Waals surface area (Å²) >= 11 is 0. The summed E-state index contributed by atoms with van der Waals surface area (Å²) in [5.41, 5.74) is 3.01. The summed E-state index contributed by atoms with van der Waals surface area (Å²) in [7, 11) is 0. The van der Waals surface area contributed by atoms with E-state index in [0.717, 1.165) is 0 Å². The summed E-state index contributed by atoms with van der Waals surface area (Å²) in [6, 6.07) is 26.5. The Kier molecular flexibility index (Phi) is 22.8. The Morgan fingerprint density at radius 1 is 0.265 bits per heavy atom. The van der Waals surface area contributed by atoms with Gasteiger partial charge in [0.2, 0.25) is 35.4 Å². The molecule has 0 aliphatic carbocycles.